The second-order valence-corrected chi connectivity index (χ2v) is 6.46. The van der Waals surface area contributed by atoms with Gasteiger partial charge in [0, 0.05) is 23.0 Å². The van der Waals surface area contributed by atoms with Crippen molar-refractivity contribution in [2.24, 2.45) is 0 Å². The van der Waals surface area contributed by atoms with Gasteiger partial charge in [-0.3, -0.25) is 9.20 Å². The monoisotopic (exact) mass is 403 g/mol. The van der Waals surface area contributed by atoms with Gasteiger partial charge in [-0.1, -0.05) is 35.3 Å². The van der Waals surface area contributed by atoms with E-state index in [0.717, 1.165) is 5.56 Å². The van der Waals surface area contributed by atoms with Gasteiger partial charge in [0.1, 0.15) is 5.65 Å². The quantitative estimate of drug-likeness (QED) is 0.513. The molecule has 1 N–H and O–H groups in total. The number of esters is 1. The molecule has 2 heterocycles. The first-order valence-corrected chi connectivity index (χ1v) is 8.73. The Hall–Kier alpha value is -2.83. The number of fused-ring (bicyclic) bond motifs is 1. The van der Waals surface area contributed by atoms with Crippen LogP contribution in [0.2, 0.25) is 10.2 Å². The van der Waals surface area contributed by atoms with E-state index in [0.29, 0.717) is 22.1 Å². The number of imidazole rings is 1. The Bertz CT molecular complexity index is 1040. The summed E-state index contributed by atoms with van der Waals surface area (Å²) in [4.78, 5) is 28.0. The van der Waals surface area contributed by atoms with Crippen molar-refractivity contribution in [1.29, 1.82) is 0 Å². The zero-order valence-electron chi connectivity index (χ0n) is 14.3. The number of nitrogens with zero attached hydrogens (tertiary/aromatic N) is 2. The summed E-state index contributed by atoms with van der Waals surface area (Å²) in [6, 6.07) is 10.6. The van der Waals surface area contributed by atoms with E-state index in [1.54, 1.807) is 34.9 Å². The van der Waals surface area contributed by atoms with Gasteiger partial charge < -0.3 is 10.1 Å². The van der Waals surface area contributed by atoms with Crippen LogP contribution in [0.15, 0.2) is 48.7 Å². The van der Waals surface area contributed by atoms with E-state index in [2.05, 4.69) is 10.3 Å². The van der Waals surface area contributed by atoms with Gasteiger partial charge in [0.05, 0.1) is 5.69 Å². The standard InChI is InChI=1S/C19H15Cl2N3O3/c1-12-5-6-13(20)10-14(12)22-17(25)11-27-18(26)8-7-15-19(21)23-16-4-2-3-9-24(15)16/h2-10H,11H2,1H3,(H,22,25)/b8-7+. The number of aromatic nitrogens is 2. The Balaban J connectivity index is 1.59. The number of hydrogen-bond donors (Lipinski definition) is 1. The van der Waals surface area contributed by atoms with Crippen LogP contribution < -0.4 is 5.32 Å². The fraction of sp³-hybridized carbons (Fsp3) is 0.105. The molecule has 0 atom stereocenters. The molecule has 0 aliphatic heterocycles. The van der Waals surface area contributed by atoms with E-state index < -0.39 is 18.5 Å². The van der Waals surface area contributed by atoms with Gasteiger partial charge in [-0.2, -0.15) is 0 Å². The van der Waals surface area contributed by atoms with E-state index in [-0.39, 0.29) is 5.15 Å². The zero-order chi connectivity index (χ0) is 19.4. The maximum Gasteiger partial charge on any atom is 0.331 e. The molecule has 0 aliphatic rings. The van der Waals surface area contributed by atoms with E-state index >= 15 is 0 Å². The topological polar surface area (TPSA) is 72.7 Å². The van der Waals surface area contributed by atoms with E-state index in [1.165, 1.54) is 12.2 Å². The van der Waals surface area contributed by atoms with Gasteiger partial charge >= 0.3 is 5.97 Å². The highest BCUT2D eigenvalue weighted by molar-refractivity contribution is 6.31. The number of hydrogen-bond acceptors (Lipinski definition) is 4. The highest BCUT2D eigenvalue weighted by Crippen LogP contribution is 2.20. The third-order valence-electron chi connectivity index (χ3n) is 3.72. The third kappa shape index (κ3) is 4.67. The lowest BCUT2D eigenvalue weighted by molar-refractivity contribution is -0.142. The number of benzene rings is 1. The van der Waals surface area contributed by atoms with E-state index in [4.69, 9.17) is 27.9 Å². The van der Waals surface area contributed by atoms with Crippen LogP contribution in [0, 0.1) is 6.92 Å². The Kier molecular flexibility index (Phi) is 5.78. The number of carbonyl (C=O) groups is 2. The molecule has 6 nitrogen and oxygen atoms in total. The van der Waals surface area contributed by atoms with Crippen molar-refractivity contribution < 1.29 is 14.3 Å². The fourth-order valence-electron chi connectivity index (χ4n) is 2.38. The van der Waals surface area contributed by atoms with Crippen LogP contribution in [0.3, 0.4) is 0 Å². The summed E-state index contributed by atoms with van der Waals surface area (Å²) in [6.07, 6.45) is 4.46. The molecule has 2 aromatic heterocycles. The van der Waals surface area contributed by atoms with Gasteiger partial charge in [0.25, 0.3) is 5.91 Å². The van der Waals surface area contributed by atoms with Gasteiger partial charge in [-0.25, -0.2) is 9.78 Å². The molecule has 0 spiro atoms. The summed E-state index contributed by atoms with van der Waals surface area (Å²) in [7, 11) is 0. The molecule has 3 rings (SSSR count). The molecular formula is C19H15Cl2N3O3. The lowest BCUT2D eigenvalue weighted by Crippen LogP contribution is -2.20. The summed E-state index contributed by atoms with van der Waals surface area (Å²) < 4.78 is 6.69. The SMILES string of the molecule is Cc1ccc(Cl)cc1NC(=O)COC(=O)/C=C/c1c(Cl)nc2ccccn12. The first-order valence-electron chi connectivity index (χ1n) is 7.97. The highest BCUT2D eigenvalue weighted by Gasteiger charge is 2.10. The lowest BCUT2D eigenvalue weighted by Gasteiger charge is -2.08. The maximum atomic E-state index is 12.0. The van der Waals surface area contributed by atoms with Crippen LogP contribution in [-0.4, -0.2) is 27.9 Å². The Morgan fingerprint density at radius 1 is 1.26 bits per heavy atom. The molecule has 138 valence electrons. The molecule has 1 aromatic carbocycles. The Morgan fingerprint density at radius 2 is 2.07 bits per heavy atom. The molecule has 8 heteroatoms. The minimum absolute atomic E-state index is 0.263. The van der Waals surface area contributed by atoms with Crippen LogP contribution in [-0.2, 0) is 14.3 Å². The molecule has 0 bridgehead atoms. The van der Waals surface area contributed by atoms with Crippen molar-refractivity contribution in [3.63, 3.8) is 0 Å². The molecule has 0 saturated heterocycles. The first-order chi connectivity index (χ1) is 12.9. The van der Waals surface area contributed by atoms with Crippen LogP contribution in [0.25, 0.3) is 11.7 Å². The summed E-state index contributed by atoms with van der Waals surface area (Å²) in [5.74, 6) is -1.13. The second-order valence-electron chi connectivity index (χ2n) is 5.67. The molecule has 0 aliphatic carbocycles. The third-order valence-corrected chi connectivity index (χ3v) is 4.23. The number of nitrogens with one attached hydrogen (secondary N) is 1. The van der Waals surface area contributed by atoms with Crippen LogP contribution in [0.1, 0.15) is 11.3 Å². The number of carbonyl (C=O) groups excluding carboxylic acids is 2. The fourth-order valence-corrected chi connectivity index (χ4v) is 2.79. The van der Waals surface area contributed by atoms with Crippen LogP contribution >= 0.6 is 23.2 Å². The van der Waals surface area contributed by atoms with Crippen molar-refractivity contribution in [2.75, 3.05) is 11.9 Å². The van der Waals surface area contributed by atoms with E-state index in [1.807, 2.05) is 19.1 Å². The summed E-state index contributed by atoms with van der Waals surface area (Å²) in [6.45, 7) is 1.41. The number of halogens is 2. The summed E-state index contributed by atoms with van der Waals surface area (Å²) in [5, 5.41) is 3.41. The van der Waals surface area contributed by atoms with Crippen molar-refractivity contribution in [2.45, 2.75) is 6.92 Å². The second kappa shape index (κ2) is 8.24. The minimum atomic E-state index is -0.671. The number of rotatable bonds is 5. The number of aryl methyl sites for hydroxylation is 1. The number of anilines is 1. The first kappa shape index (κ1) is 18.9. The van der Waals surface area contributed by atoms with Crippen molar-refractivity contribution in [1.82, 2.24) is 9.38 Å². The molecular weight excluding hydrogens is 389 g/mol. The van der Waals surface area contributed by atoms with Crippen molar-refractivity contribution >= 4 is 52.5 Å². The summed E-state index contributed by atoms with van der Waals surface area (Å²) >= 11 is 12.0. The Morgan fingerprint density at radius 3 is 2.89 bits per heavy atom. The average Bonchev–Trinajstić information content (AvgIpc) is 2.96. The average molecular weight is 404 g/mol. The molecule has 0 radical (unpaired) electrons. The molecule has 27 heavy (non-hydrogen) atoms. The van der Waals surface area contributed by atoms with Crippen molar-refractivity contribution in [3.05, 3.63) is 70.1 Å². The number of pyridine rings is 1. The predicted molar refractivity (Wildman–Crippen MR) is 105 cm³/mol. The van der Waals surface area contributed by atoms with E-state index in [9.17, 15) is 9.59 Å². The molecule has 0 unspecified atom stereocenters. The lowest BCUT2D eigenvalue weighted by atomic mass is 10.2. The minimum Gasteiger partial charge on any atom is -0.452 e. The van der Waals surface area contributed by atoms with Gasteiger partial charge in [-0.05, 0) is 42.8 Å². The maximum absolute atomic E-state index is 12.0. The normalized spacial score (nSPS) is 11.1. The smallest absolute Gasteiger partial charge is 0.331 e. The predicted octanol–water partition coefficient (Wildman–Crippen LogP) is 4.14. The largest absolute Gasteiger partial charge is 0.452 e. The highest BCUT2D eigenvalue weighted by atomic mass is 35.5. The summed E-state index contributed by atoms with van der Waals surface area (Å²) in [5.41, 5.74) is 2.62. The molecule has 0 saturated carbocycles. The van der Waals surface area contributed by atoms with Crippen molar-refractivity contribution in [3.8, 4) is 0 Å². The zero-order valence-corrected chi connectivity index (χ0v) is 15.8. The molecule has 1 amide bonds. The number of ether oxygens (including phenoxy) is 1. The van der Waals surface area contributed by atoms with Gasteiger partial charge in [-0.15, -0.1) is 0 Å². The van der Waals surface area contributed by atoms with Gasteiger partial charge in [0.15, 0.2) is 11.8 Å². The van der Waals surface area contributed by atoms with Crippen LogP contribution in [0.4, 0.5) is 5.69 Å². The Labute approximate surface area is 165 Å². The van der Waals surface area contributed by atoms with Crippen LogP contribution in [0.5, 0.6) is 0 Å². The molecule has 0 fully saturated rings. The number of amides is 1. The molecule has 3 aromatic rings. The van der Waals surface area contributed by atoms with Gasteiger partial charge in [0.2, 0.25) is 0 Å².